The van der Waals surface area contributed by atoms with Gasteiger partial charge in [-0.05, 0) is 46.7 Å². The molecule has 2 rings (SSSR count). The monoisotopic (exact) mass is 366 g/mol. The Morgan fingerprint density at radius 3 is 2.47 bits per heavy atom. The largest absolute Gasteiger partial charge is 0.166 e. The standard InChI is InChI=1S/C11H11IS3/c1-8-3-5-9(6-4-8)10-7-14-11(12,13-2)15-10/h3-7H,1-2H3. The van der Waals surface area contributed by atoms with Gasteiger partial charge in [0.05, 0.1) is 0 Å². The van der Waals surface area contributed by atoms with E-state index in [2.05, 4.69) is 65.4 Å². The van der Waals surface area contributed by atoms with Crippen molar-refractivity contribution < 1.29 is 0 Å². The molecule has 1 unspecified atom stereocenters. The van der Waals surface area contributed by atoms with E-state index >= 15 is 0 Å². The van der Waals surface area contributed by atoms with Crippen LogP contribution in [0.2, 0.25) is 0 Å². The number of hydrogen-bond donors (Lipinski definition) is 0. The molecular formula is C11H11IS3. The molecule has 0 bridgehead atoms. The summed E-state index contributed by atoms with van der Waals surface area (Å²) >= 11 is 8.26. The Bertz CT molecular complexity index is 385. The van der Waals surface area contributed by atoms with Gasteiger partial charge in [-0.15, -0.1) is 11.8 Å². The molecule has 0 saturated heterocycles. The zero-order valence-corrected chi connectivity index (χ0v) is 13.1. The molecule has 0 spiro atoms. The van der Waals surface area contributed by atoms with Gasteiger partial charge in [0.25, 0.3) is 0 Å². The molecule has 0 amide bonds. The van der Waals surface area contributed by atoms with Crippen LogP contribution in [0.25, 0.3) is 4.91 Å². The fourth-order valence-corrected chi connectivity index (χ4v) is 5.31. The van der Waals surface area contributed by atoms with Crippen LogP contribution in [0.5, 0.6) is 0 Å². The van der Waals surface area contributed by atoms with E-state index < -0.39 is 0 Å². The van der Waals surface area contributed by atoms with Crippen molar-refractivity contribution in [3.8, 4) is 0 Å². The van der Waals surface area contributed by atoms with E-state index in [9.17, 15) is 0 Å². The minimum Gasteiger partial charge on any atom is -0.126 e. The SMILES string of the molecule is CSC1(I)SC=C(c2ccc(C)cc2)S1. The second-order valence-electron chi connectivity index (χ2n) is 3.25. The maximum atomic E-state index is 2.51. The van der Waals surface area contributed by atoms with Gasteiger partial charge in [0.15, 0.2) is 1.42 Å². The summed E-state index contributed by atoms with van der Waals surface area (Å²) in [6, 6.07) is 8.76. The van der Waals surface area contributed by atoms with E-state index in [-0.39, 0.29) is 1.42 Å². The predicted molar refractivity (Wildman–Crippen MR) is 84.6 cm³/mol. The van der Waals surface area contributed by atoms with E-state index in [0.29, 0.717) is 0 Å². The van der Waals surface area contributed by atoms with Crippen LogP contribution in [0.1, 0.15) is 11.1 Å². The third-order valence-electron chi connectivity index (χ3n) is 2.12. The van der Waals surface area contributed by atoms with Crippen molar-refractivity contribution in [1.29, 1.82) is 0 Å². The van der Waals surface area contributed by atoms with Crippen molar-refractivity contribution in [2.45, 2.75) is 8.34 Å². The normalized spacial score (nSPS) is 25.4. The van der Waals surface area contributed by atoms with Crippen LogP contribution in [-0.2, 0) is 0 Å². The van der Waals surface area contributed by atoms with Crippen molar-refractivity contribution in [3.63, 3.8) is 0 Å². The van der Waals surface area contributed by atoms with Crippen LogP contribution < -0.4 is 0 Å². The molecule has 1 aromatic carbocycles. The lowest BCUT2D eigenvalue weighted by molar-refractivity contribution is 1.46. The average Bonchev–Trinajstić information content (AvgIpc) is 2.63. The van der Waals surface area contributed by atoms with Crippen molar-refractivity contribution in [1.82, 2.24) is 0 Å². The van der Waals surface area contributed by atoms with Gasteiger partial charge in [-0.3, -0.25) is 0 Å². The summed E-state index contributed by atoms with van der Waals surface area (Å²) in [5.74, 6) is 0. The van der Waals surface area contributed by atoms with Crippen molar-refractivity contribution in [3.05, 3.63) is 40.8 Å². The zero-order chi connectivity index (χ0) is 10.9. The highest BCUT2D eigenvalue weighted by atomic mass is 127. The lowest BCUT2D eigenvalue weighted by atomic mass is 10.1. The molecule has 1 atom stereocenters. The Labute approximate surface area is 117 Å². The van der Waals surface area contributed by atoms with Gasteiger partial charge >= 0.3 is 0 Å². The number of benzene rings is 1. The molecule has 1 heterocycles. The molecule has 0 fully saturated rings. The first-order valence-corrected chi connectivity index (χ1v) is 8.51. The third kappa shape index (κ3) is 2.90. The fraction of sp³-hybridized carbons (Fsp3) is 0.273. The Morgan fingerprint density at radius 2 is 1.93 bits per heavy atom. The number of alkyl halides is 1. The first kappa shape index (κ1) is 12.2. The molecule has 15 heavy (non-hydrogen) atoms. The lowest BCUT2D eigenvalue weighted by Gasteiger charge is -2.16. The van der Waals surface area contributed by atoms with Gasteiger partial charge < -0.3 is 0 Å². The molecule has 1 aliphatic rings. The molecule has 0 aliphatic carbocycles. The van der Waals surface area contributed by atoms with Crippen LogP contribution in [-0.4, -0.2) is 7.67 Å². The molecule has 80 valence electrons. The van der Waals surface area contributed by atoms with Crippen molar-refractivity contribution in [2.75, 3.05) is 6.26 Å². The molecular weight excluding hydrogens is 355 g/mol. The van der Waals surface area contributed by atoms with Crippen LogP contribution in [0, 0.1) is 6.92 Å². The topological polar surface area (TPSA) is 0 Å². The highest BCUT2D eigenvalue weighted by Gasteiger charge is 2.33. The van der Waals surface area contributed by atoms with Gasteiger partial charge in [-0.1, -0.05) is 53.4 Å². The third-order valence-corrected chi connectivity index (χ3v) is 9.03. The predicted octanol–water partition coefficient (Wildman–Crippen LogP) is 5.18. The molecule has 1 aliphatic heterocycles. The second kappa shape index (κ2) is 4.94. The maximum Gasteiger partial charge on any atom is 0.166 e. The summed E-state index contributed by atoms with van der Waals surface area (Å²) in [6.45, 7) is 2.12. The Balaban J connectivity index is 2.17. The number of thioether (sulfide) groups is 3. The minimum atomic E-state index is 0.234. The summed E-state index contributed by atoms with van der Waals surface area (Å²) in [6.07, 6.45) is 2.17. The van der Waals surface area contributed by atoms with Crippen molar-refractivity contribution in [2.24, 2.45) is 0 Å². The molecule has 0 saturated carbocycles. The van der Waals surface area contributed by atoms with Gasteiger partial charge in [-0.2, -0.15) is 0 Å². The summed E-state index contributed by atoms with van der Waals surface area (Å²) < 4.78 is 0.234. The van der Waals surface area contributed by atoms with E-state index in [0.717, 1.165) is 0 Å². The Morgan fingerprint density at radius 1 is 1.27 bits per heavy atom. The molecule has 0 N–H and O–H groups in total. The van der Waals surface area contributed by atoms with Crippen LogP contribution in [0.4, 0.5) is 0 Å². The van der Waals surface area contributed by atoms with E-state index in [1.165, 1.54) is 16.0 Å². The van der Waals surface area contributed by atoms with Gasteiger partial charge in [0.2, 0.25) is 0 Å². The molecule has 4 heteroatoms. The molecule has 0 aromatic heterocycles. The van der Waals surface area contributed by atoms with Gasteiger partial charge in [0.1, 0.15) is 0 Å². The summed E-state index contributed by atoms with van der Waals surface area (Å²) in [5.41, 5.74) is 2.66. The summed E-state index contributed by atoms with van der Waals surface area (Å²) in [5, 5.41) is 2.28. The van der Waals surface area contributed by atoms with Gasteiger partial charge in [-0.25, -0.2) is 0 Å². The maximum absolute atomic E-state index is 2.51. The van der Waals surface area contributed by atoms with Crippen molar-refractivity contribution >= 4 is 62.8 Å². The smallest absolute Gasteiger partial charge is 0.126 e. The van der Waals surface area contributed by atoms with E-state index in [1.54, 1.807) is 0 Å². The molecule has 0 radical (unpaired) electrons. The first-order chi connectivity index (χ1) is 7.13. The average molecular weight is 366 g/mol. The Kier molecular flexibility index (Phi) is 4.02. The number of hydrogen-bond acceptors (Lipinski definition) is 3. The van der Waals surface area contributed by atoms with Gasteiger partial charge in [0, 0.05) is 4.91 Å². The molecule has 1 aromatic rings. The minimum absolute atomic E-state index is 0.234. The summed E-state index contributed by atoms with van der Waals surface area (Å²) in [4.78, 5) is 1.39. The second-order valence-corrected chi connectivity index (χ2v) is 11.2. The van der Waals surface area contributed by atoms with E-state index in [1.807, 2.05) is 35.3 Å². The highest BCUT2D eigenvalue weighted by Crippen LogP contribution is 2.62. The lowest BCUT2D eigenvalue weighted by Crippen LogP contribution is -1.96. The zero-order valence-electron chi connectivity index (χ0n) is 8.49. The number of aryl methyl sites for hydroxylation is 1. The fourth-order valence-electron chi connectivity index (χ4n) is 1.24. The Hall–Kier alpha value is 0.740. The summed E-state index contributed by atoms with van der Waals surface area (Å²) in [7, 11) is 0. The van der Waals surface area contributed by atoms with Crippen LogP contribution >= 0.6 is 57.9 Å². The number of halogens is 1. The highest BCUT2D eigenvalue weighted by molar-refractivity contribution is 14.1. The van der Waals surface area contributed by atoms with E-state index in [4.69, 9.17) is 0 Å². The van der Waals surface area contributed by atoms with Crippen LogP contribution in [0.15, 0.2) is 29.7 Å². The van der Waals surface area contributed by atoms with Crippen LogP contribution in [0.3, 0.4) is 0 Å². The first-order valence-electron chi connectivity index (χ1n) is 4.51. The molecule has 0 nitrogen and oxygen atoms in total. The quantitative estimate of drug-likeness (QED) is 0.523. The number of rotatable bonds is 2.